The van der Waals surface area contributed by atoms with Crippen molar-refractivity contribution in [2.24, 2.45) is 7.05 Å². The minimum absolute atomic E-state index is 0.168. The largest absolute Gasteiger partial charge is 0.271 e. The number of hydrogen-bond acceptors (Lipinski definition) is 4. The van der Waals surface area contributed by atoms with Gasteiger partial charge in [0.15, 0.2) is 0 Å². The summed E-state index contributed by atoms with van der Waals surface area (Å²) < 4.78 is 28.8. The maximum atomic E-state index is 12.4. The summed E-state index contributed by atoms with van der Waals surface area (Å²) in [5.74, 6) is 0. The Hall–Kier alpha value is -2.17. The Kier molecular flexibility index (Phi) is 4.11. The van der Waals surface area contributed by atoms with Gasteiger partial charge in [-0.3, -0.25) is 4.68 Å². The third-order valence-corrected chi connectivity index (χ3v) is 4.91. The van der Waals surface area contributed by atoms with Crippen LogP contribution >= 0.6 is 0 Å². The Morgan fingerprint density at radius 1 is 1.29 bits per heavy atom. The lowest BCUT2D eigenvalue weighted by atomic mass is 10.1. The average Bonchev–Trinajstić information content (AvgIpc) is 2.71. The van der Waals surface area contributed by atoms with E-state index in [2.05, 4.69) is 9.82 Å². The predicted octanol–water partition coefficient (Wildman–Crippen LogP) is 1.39. The van der Waals surface area contributed by atoms with Gasteiger partial charge in [-0.25, -0.2) is 13.1 Å². The van der Waals surface area contributed by atoms with Crippen molar-refractivity contribution in [3.05, 3.63) is 46.8 Å². The molecule has 0 radical (unpaired) electrons. The highest BCUT2D eigenvalue weighted by molar-refractivity contribution is 7.89. The van der Waals surface area contributed by atoms with Crippen molar-refractivity contribution < 1.29 is 8.42 Å². The zero-order valence-electron chi connectivity index (χ0n) is 12.1. The molecular formula is C14H16N4O2S. The molecule has 0 saturated carbocycles. The van der Waals surface area contributed by atoms with E-state index in [0.29, 0.717) is 17.0 Å². The first kappa shape index (κ1) is 15.2. The van der Waals surface area contributed by atoms with E-state index in [-0.39, 0.29) is 11.4 Å². The summed E-state index contributed by atoms with van der Waals surface area (Å²) >= 11 is 0. The van der Waals surface area contributed by atoms with Gasteiger partial charge in [0.25, 0.3) is 0 Å². The molecule has 2 rings (SSSR count). The number of benzene rings is 1. The number of aryl methyl sites for hydroxylation is 2. The van der Waals surface area contributed by atoms with E-state index in [1.165, 1.54) is 0 Å². The van der Waals surface area contributed by atoms with Crippen LogP contribution in [0.15, 0.2) is 29.2 Å². The fraction of sp³-hybridized carbons (Fsp3) is 0.286. The number of rotatable bonds is 4. The molecule has 1 aromatic heterocycles. The maximum Gasteiger partial charge on any atom is 0.244 e. The highest BCUT2D eigenvalue weighted by Crippen LogP contribution is 2.18. The van der Waals surface area contributed by atoms with Crippen LogP contribution in [0.5, 0.6) is 0 Å². The number of aromatic nitrogens is 2. The standard InChI is InChI=1S/C14H16N4O2S/c1-10-14(11(2)18(3)17-10)21(19,20)16-9-13-6-4-12(8-15)5-7-13/h4-7,16H,9H2,1-3H3. The van der Waals surface area contributed by atoms with Gasteiger partial charge in [-0.1, -0.05) is 12.1 Å². The SMILES string of the molecule is Cc1nn(C)c(C)c1S(=O)(=O)NCc1ccc(C#N)cc1. The molecule has 0 saturated heterocycles. The molecule has 0 bridgehead atoms. The van der Waals surface area contributed by atoms with E-state index in [1.807, 2.05) is 6.07 Å². The van der Waals surface area contributed by atoms with Gasteiger partial charge in [-0.05, 0) is 31.5 Å². The lowest BCUT2D eigenvalue weighted by Crippen LogP contribution is -2.24. The fourth-order valence-corrected chi connectivity index (χ4v) is 3.54. The summed E-state index contributed by atoms with van der Waals surface area (Å²) in [5, 5.41) is 12.8. The summed E-state index contributed by atoms with van der Waals surface area (Å²) in [6.07, 6.45) is 0. The highest BCUT2D eigenvalue weighted by atomic mass is 32.2. The van der Waals surface area contributed by atoms with E-state index in [9.17, 15) is 8.42 Å². The zero-order chi connectivity index (χ0) is 15.6. The summed E-state index contributed by atoms with van der Waals surface area (Å²) in [6.45, 7) is 3.56. The van der Waals surface area contributed by atoms with E-state index >= 15 is 0 Å². The van der Waals surface area contributed by atoms with Crippen molar-refractivity contribution in [3.63, 3.8) is 0 Å². The molecule has 6 nitrogen and oxygen atoms in total. The molecular weight excluding hydrogens is 288 g/mol. The Balaban J connectivity index is 2.20. The quantitative estimate of drug-likeness (QED) is 0.924. The monoisotopic (exact) mass is 304 g/mol. The van der Waals surface area contributed by atoms with Crippen LogP contribution in [0.3, 0.4) is 0 Å². The number of sulfonamides is 1. The molecule has 7 heteroatoms. The Morgan fingerprint density at radius 3 is 2.38 bits per heavy atom. The van der Waals surface area contributed by atoms with Crippen molar-refractivity contribution >= 4 is 10.0 Å². The van der Waals surface area contributed by atoms with Gasteiger partial charge < -0.3 is 0 Å². The third-order valence-electron chi connectivity index (χ3n) is 3.26. The van der Waals surface area contributed by atoms with Gasteiger partial charge in [0.2, 0.25) is 10.0 Å². The van der Waals surface area contributed by atoms with Crippen LogP contribution in [0, 0.1) is 25.2 Å². The third kappa shape index (κ3) is 3.12. The zero-order valence-corrected chi connectivity index (χ0v) is 12.9. The van der Waals surface area contributed by atoms with Crippen LogP contribution in [0.25, 0.3) is 0 Å². The lowest BCUT2D eigenvalue weighted by molar-refractivity contribution is 0.579. The molecule has 0 atom stereocenters. The normalized spacial score (nSPS) is 11.3. The highest BCUT2D eigenvalue weighted by Gasteiger charge is 2.23. The Bertz CT molecular complexity index is 799. The molecule has 1 aromatic carbocycles. The Labute approximate surface area is 124 Å². The minimum Gasteiger partial charge on any atom is -0.271 e. The molecule has 0 spiro atoms. The number of hydrogen-bond donors (Lipinski definition) is 1. The second kappa shape index (κ2) is 5.68. The van der Waals surface area contributed by atoms with Crippen LogP contribution in [0.2, 0.25) is 0 Å². The molecule has 21 heavy (non-hydrogen) atoms. The van der Waals surface area contributed by atoms with Gasteiger partial charge in [-0.15, -0.1) is 0 Å². The number of nitrogens with zero attached hydrogens (tertiary/aromatic N) is 3. The van der Waals surface area contributed by atoms with Crippen LogP contribution in [0.4, 0.5) is 0 Å². The molecule has 0 aliphatic heterocycles. The molecule has 0 unspecified atom stereocenters. The molecule has 0 aliphatic rings. The Morgan fingerprint density at radius 2 is 1.90 bits per heavy atom. The van der Waals surface area contributed by atoms with Gasteiger partial charge in [-0.2, -0.15) is 10.4 Å². The fourth-order valence-electron chi connectivity index (χ4n) is 2.09. The molecule has 0 fully saturated rings. The summed E-state index contributed by atoms with van der Waals surface area (Å²) in [7, 11) is -1.90. The van der Waals surface area contributed by atoms with Crippen molar-refractivity contribution in [1.82, 2.24) is 14.5 Å². The topological polar surface area (TPSA) is 87.8 Å². The van der Waals surface area contributed by atoms with Crippen LogP contribution in [-0.2, 0) is 23.6 Å². The number of nitrogens with one attached hydrogen (secondary N) is 1. The molecule has 110 valence electrons. The second-order valence-corrected chi connectivity index (χ2v) is 6.46. The van der Waals surface area contributed by atoms with E-state index in [1.54, 1.807) is 49.8 Å². The first-order chi connectivity index (χ1) is 9.85. The van der Waals surface area contributed by atoms with Crippen LogP contribution in [0.1, 0.15) is 22.5 Å². The van der Waals surface area contributed by atoms with E-state index in [4.69, 9.17) is 5.26 Å². The van der Waals surface area contributed by atoms with Gasteiger partial charge >= 0.3 is 0 Å². The van der Waals surface area contributed by atoms with Crippen LogP contribution in [-0.4, -0.2) is 18.2 Å². The van der Waals surface area contributed by atoms with Gasteiger partial charge in [0.05, 0.1) is 23.0 Å². The molecule has 0 amide bonds. The first-order valence-corrected chi connectivity index (χ1v) is 7.82. The second-order valence-electron chi connectivity index (χ2n) is 4.76. The number of nitriles is 1. The van der Waals surface area contributed by atoms with E-state index < -0.39 is 10.0 Å². The smallest absolute Gasteiger partial charge is 0.244 e. The predicted molar refractivity (Wildman–Crippen MR) is 77.9 cm³/mol. The van der Waals surface area contributed by atoms with Crippen molar-refractivity contribution in [1.29, 1.82) is 5.26 Å². The summed E-state index contributed by atoms with van der Waals surface area (Å²) in [4.78, 5) is 0.221. The van der Waals surface area contributed by atoms with Crippen LogP contribution < -0.4 is 4.72 Å². The summed E-state index contributed by atoms with van der Waals surface area (Å²) in [6, 6.07) is 8.79. The lowest BCUT2D eigenvalue weighted by Gasteiger charge is -2.07. The molecule has 2 aromatic rings. The molecule has 1 heterocycles. The molecule has 0 aliphatic carbocycles. The maximum absolute atomic E-state index is 12.4. The van der Waals surface area contributed by atoms with Crippen molar-refractivity contribution in [3.8, 4) is 6.07 Å². The van der Waals surface area contributed by atoms with Crippen molar-refractivity contribution in [2.45, 2.75) is 25.3 Å². The van der Waals surface area contributed by atoms with E-state index in [0.717, 1.165) is 5.56 Å². The van der Waals surface area contributed by atoms with Gasteiger partial charge in [0, 0.05) is 13.6 Å². The van der Waals surface area contributed by atoms with Gasteiger partial charge in [0.1, 0.15) is 4.90 Å². The van der Waals surface area contributed by atoms with Crippen molar-refractivity contribution in [2.75, 3.05) is 0 Å². The first-order valence-electron chi connectivity index (χ1n) is 6.34. The average molecular weight is 304 g/mol. The summed E-state index contributed by atoms with van der Waals surface area (Å²) in [5.41, 5.74) is 2.40. The minimum atomic E-state index is -3.61. The molecule has 1 N–H and O–H groups in total.